The summed E-state index contributed by atoms with van der Waals surface area (Å²) in [6.07, 6.45) is 3.08. The molecule has 1 rings (SSSR count). The van der Waals surface area contributed by atoms with E-state index in [4.69, 9.17) is 18.0 Å². The van der Waals surface area contributed by atoms with E-state index >= 15 is 0 Å². The van der Waals surface area contributed by atoms with Crippen molar-refractivity contribution < 1.29 is 4.79 Å². The van der Waals surface area contributed by atoms with Crippen LogP contribution in [0.2, 0.25) is 0 Å². The van der Waals surface area contributed by atoms with Crippen LogP contribution in [-0.2, 0) is 4.79 Å². The molecule has 0 radical (unpaired) electrons. The lowest BCUT2D eigenvalue weighted by atomic mass is 9.78. The third-order valence-electron chi connectivity index (χ3n) is 3.69. The Hall–Kier alpha value is -0.940. The second kappa shape index (κ2) is 7.90. The minimum Gasteiger partial charge on any atom is -0.392 e. The highest BCUT2D eigenvalue weighted by Crippen LogP contribution is 2.32. The lowest BCUT2D eigenvalue weighted by molar-refractivity contribution is -0.122. The zero-order chi connectivity index (χ0) is 16.0. The summed E-state index contributed by atoms with van der Waals surface area (Å²) in [7, 11) is 0. The van der Waals surface area contributed by atoms with Crippen LogP contribution in [0.15, 0.2) is 22.7 Å². The van der Waals surface area contributed by atoms with Crippen LogP contribution in [0.3, 0.4) is 0 Å². The molecule has 0 unspecified atom stereocenters. The van der Waals surface area contributed by atoms with Crippen LogP contribution in [0.1, 0.15) is 45.1 Å². The van der Waals surface area contributed by atoms with Crippen molar-refractivity contribution in [2.45, 2.75) is 46.5 Å². The summed E-state index contributed by atoms with van der Waals surface area (Å²) >= 11 is 8.68. The quantitative estimate of drug-likeness (QED) is 0.691. The summed E-state index contributed by atoms with van der Waals surface area (Å²) in [5.74, 6) is -0.102. The van der Waals surface area contributed by atoms with Crippen LogP contribution in [0.4, 0.5) is 5.69 Å². The molecule has 3 N–H and O–H groups in total. The second-order valence-corrected chi connectivity index (χ2v) is 6.66. The molecule has 0 aromatic heterocycles. The van der Waals surface area contributed by atoms with Crippen LogP contribution in [0.25, 0.3) is 0 Å². The molecule has 5 heteroatoms. The summed E-state index contributed by atoms with van der Waals surface area (Å²) in [5.41, 5.74) is 7.04. The Kier molecular flexibility index (Phi) is 6.81. The van der Waals surface area contributed by atoms with Crippen LogP contribution in [0, 0.1) is 12.3 Å². The number of rotatable bonds is 7. The molecule has 3 nitrogen and oxygen atoms in total. The number of benzene rings is 1. The number of halogens is 1. The van der Waals surface area contributed by atoms with Gasteiger partial charge in [-0.25, -0.2) is 0 Å². The highest BCUT2D eigenvalue weighted by atomic mass is 79.9. The number of amides is 1. The first kappa shape index (κ1) is 18.1. The largest absolute Gasteiger partial charge is 0.392 e. The number of hydrogen-bond acceptors (Lipinski definition) is 2. The zero-order valence-corrected chi connectivity index (χ0v) is 15.2. The molecular weight excluding hydrogens is 348 g/mol. The number of anilines is 1. The van der Waals surface area contributed by atoms with Crippen molar-refractivity contribution in [3.05, 3.63) is 28.2 Å². The molecule has 0 saturated carbocycles. The fourth-order valence-corrected chi connectivity index (χ4v) is 3.16. The van der Waals surface area contributed by atoms with Gasteiger partial charge >= 0.3 is 0 Å². The van der Waals surface area contributed by atoms with Crippen LogP contribution >= 0.6 is 28.1 Å². The fraction of sp³-hybridized carbons (Fsp3) is 0.500. The third kappa shape index (κ3) is 4.27. The highest BCUT2D eigenvalue weighted by molar-refractivity contribution is 9.10. The lowest BCUT2D eigenvalue weighted by Gasteiger charge is -2.31. The van der Waals surface area contributed by atoms with E-state index in [1.54, 1.807) is 0 Å². The molecular formula is C16H23BrN2OS. The average molecular weight is 371 g/mol. The van der Waals surface area contributed by atoms with E-state index in [0.29, 0.717) is 12.8 Å². The number of nitrogens with one attached hydrogen (secondary N) is 1. The molecule has 0 heterocycles. The first-order valence-corrected chi connectivity index (χ1v) is 8.45. The normalized spacial score (nSPS) is 11.2. The van der Waals surface area contributed by atoms with Crippen LogP contribution in [0.5, 0.6) is 0 Å². The van der Waals surface area contributed by atoms with Gasteiger partial charge in [0.15, 0.2) is 0 Å². The van der Waals surface area contributed by atoms with Gasteiger partial charge in [0.1, 0.15) is 0 Å². The Morgan fingerprint density at radius 3 is 2.33 bits per heavy atom. The van der Waals surface area contributed by atoms with Crippen molar-refractivity contribution in [1.82, 2.24) is 0 Å². The number of nitrogens with two attached hydrogens (primary N) is 1. The molecule has 0 aliphatic heterocycles. The van der Waals surface area contributed by atoms with Gasteiger partial charge in [-0.1, -0.05) is 60.9 Å². The third-order valence-corrected chi connectivity index (χ3v) is 4.93. The Bertz CT molecular complexity index is 525. The molecule has 1 aromatic rings. The van der Waals surface area contributed by atoms with E-state index in [0.717, 1.165) is 28.6 Å². The highest BCUT2D eigenvalue weighted by Gasteiger charge is 2.39. The second-order valence-electron chi connectivity index (χ2n) is 5.36. The standard InChI is InChI=1S/C16H23BrN2OS/c1-4-8-16(9-5-2,14(18)21)15(20)19-12-7-6-11(3)13(17)10-12/h6-7,10H,4-5,8-9H2,1-3H3,(H2,18,21)(H,19,20). The monoisotopic (exact) mass is 370 g/mol. The van der Waals surface area contributed by atoms with Crippen molar-refractivity contribution in [1.29, 1.82) is 0 Å². The maximum absolute atomic E-state index is 12.8. The topological polar surface area (TPSA) is 55.1 Å². The SMILES string of the molecule is CCCC(CCC)(C(=O)Nc1ccc(C)c(Br)c1)C(N)=S. The maximum atomic E-state index is 12.8. The van der Waals surface area contributed by atoms with Crippen molar-refractivity contribution >= 4 is 44.7 Å². The van der Waals surface area contributed by atoms with Crippen molar-refractivity contribution in [3.63, 3.8) is 0 Å². The van der Waals surface area contributed by atoms with Gasteiger partial charge in [-0.15, -0.1) is 0 Å². The number of thiocarbonyl (C=S) groups is 1. The molecule has 116 valence electrons. The van der Waals surface area contributed by atoms with E-state index < -0.39 is 5.41 Å². The van der Waals surface area contributed by atoms with Gasteiger partial charge in [-0.05, 0) is 37.5 Å². The van der Waals surface area contributed by atoms with Crippen molar-refractivity contribution in [2.75, 3.05) is 5.32 Å². The molecule has 0 saturated heterocycles. The summed E-state index contributed by atoms with van der Waals surface area (Å²) in [6.45, 7) is 6.08. The number of carbonyl (C=O) groups is 1. The summed E-state index contributed by atoms with van der Waals surface area (Å²) < 4.78 is 0.965. The molecule has 0 aliphatic rings. The number of carbonyl (C=O) groups excluding carboxylic acids is 1. The molecule has 21 heavy (non-hydrogen) atoms. The van der Waals surface area contributed by atoms with Crippen molar-refractivity contribution in [3.8, 4) is 0 Å². The summed E-state index contributed by atoms with van der Waals surface area (Å²) in [6, 6.07) is 5.75. The number of aryl methyl sites for hydroxylation is 1. The van der Waals surface area contributed by atoms with Crippen molar-refractivity contribution in [2.24, 2.45) is 11.1 Å². The van der Waals surface area contributed by atoms with Gasteiger partial charge < -0.3 is 11.1 Å². The van der Waals surface area contributed by atoms with Gasteiger partial charge in [0.2, 0.25) is 5.91 Å². The fourth-order valence-electron chi connectivity index (χ4n) is 2.49. The Morgan fingerprint density at radius 2 is 1.90 bits per heavy atom. The minimum atomic E-state index is -0.754. The van der Waals surface area contributed by atoms with Gasteiger partial charge in [-0.2, -0.15) is 0 Å². The predicted octanol–water partition coefficient (Wildman–Crippen LogP) is 4.57. The molecule has 0 atom stereocenters. The molecule has 0 spiro atoms. The molecule has 1 aromatic carbocycles. The Morgan fingerprint density at radius 1 is 1.33 bits per heavy atom. The van der Waals surface area contributed by atoms with Gasteiger partial charge in [0.25, 0.3) is 0 Å². The summed E-state index contributed by atoms with van der Waals surface area (Å²) in [4.78, 5) is 13.0. The number of hydrogen-bond donors (Lipinski definition) is 2. The molecule has 1 amide bonds. The van der Waals surface area contributed by atoms with Crippen LogP contribution in [-0.4, -0.2) is 10.9 Å². The first-order chi connectivity index (χ1) is 9.87. The lowest BCUT2D eigenvalue weighted by Crippen LogP contribution is -2.46. The first-order valence-electron chi connectivity index (χ1n) is 7.25. The molecule has 0 bridgehead atoms. The average Bonchev–Trinajstić information content (AvgIpc) is 2.42. The van der Waals surface area contributed by atoms with E-state index in [-0.39, 0.29) is 10.9 Å². The van der Waals surface area contributed by atoms with E-state index in [1.165, 1.54) is 0 Å². The van der Waals surface area contributed by atoms with Crippen LogP contribution < -0.4 is 11.1 Å². The maximum Gasteiger partial charge on any atom is 0.237 e. The van der Waals surface area contributed by atoms with E-state index in [1.807, 2.05) is 39.0 Å². The Labute approximate surface area is 140 Å². The molecule has 0 fully saturated rings. The van der Waals surface area contributed by atoms with Gasteiger partial charge in [-0.3, -0.25) is 4.79 Å². The van der Waals surface area contributed by atoms with E-state index in [2.05, 4.69) is 21.2 Å². The zero-order valence-electron chi connectivity index (χ0n) is 12.8. The van der Waals surface area contributed by atoms with E-state index in [9.17, 15) is 4.79 Å². The minimum absolute atomic E-state index is 0.102. The summed E-state index contributed by atoms with van der Waals surface area (Å²) in [5, 5.41) is 2.97. The van der Waals surface area contributed by atoms with Gasteiger partial charge in [0.05, 0.1) is 10.4 Å². The molecule has 0 aliphatic carbocycles. The van der Waals surface area contributed by atoms with Gasteiger partial charge in [0, 0.05) is 10.2 Å². The Balaban J connectivity index is 3.04. The smallest absolute Gasteiger partial charge is 0.237 e. The predicted molar refractivity (Wildman–Crippen MR) is 96.5 cm³/mol.